The largest absolute Gasteiger partial charge is 0.476 e. The van der Waals surface area contributed by atoms with Crippen molar-refractivity contribution in [3.63, 3.8) is 0 Å². The molecule has 4 heterocycles. The lowest BCUT2D eigenvalue weighted by Gasteiger charge is -2.42. The Hall–Kier alpha value is -5.84. The van der Waals surface area contributed by atoms with Crippen molar-refractivity contribution in [2.24, 2.45) is 11.3 Å². The van der Waals surface area contributed by atoms with Crippen LogP contribution >= 0.6 is 11.6 Å². The molecule has 5 aromatic rings. The molecule has 4 aliphatic rings. The van der Waals surface area contributed by atoms with Crippen LogP contribution in [0.15, 0.2) is 89.5 Å². The summed E-state index contributed by atoms with van der Waals surface area (Å²) in [6, 6.07) is 20.0. The monoisotopic (exact) mass is 1000 g/mol. The molecule has 2 fully saturated rings. The number of sulfonamides is 1. The summed E-state index contributed by atoms with van der Waals surface area (Å²) >= 11 is 6.26. The fraction of sp³-hybridized carbons (Fsp3) is 0.429. The molecule has 0 bridgehead atoms. The summed E-state index contributed by atoms with van der Waals surface area (Å²) in [6.07, 6.45) is -3.45. The summed E-state index contributed by atoms with van der Waals surface area (Å²) in [5, 5.41) is 67.7. The molecule has 2 aliphatic heterocycles. The molecule has 3 aromatic carbocycles. The van der Waals surface area contributed by atoms with Crippen LogP contribution in [0.3, 0.4) is 0 Å². The molecular weight excluding hydrogens is 944 g/mol. The number of hydrogen-bond acceptors (Lipinski definition) is 16. The topological polar surface area (TPSA) is 267 Å². The Bertz CT molecular complexity index is 2910. The number of fused-ring (bicyclic) bond motifs is 2. The van der Waals surface area contributed by atoms with Crippen molar-refractivity contribution in [1.29, 1.82) is 0 Å². The Labute approximate surface area is 409 Å². The second-order valence-electron chi connectivity index (χ2n) is 19.3. The first-order valence-electron chi connectivity index (χ1n) is 23.3. The summed E-state index contributed by atoms with van der Waals surface area (Å²) in [4.78, 5) is 39.7. The zero-order valence-electron chi connectivity index (χ0n) is 38.7. The number of aliphatic hydroxyl groups is 5. The number of aromatic amines is 1. The van der Waals surface area contributed by atoms with Crippen LogP contribution in [0.4, 0.5) is 28.4 Å². The lowest BCUT2D eigenvalue weighted by Crippen LogP contribution is -2.62. The predicted molar refractivity (Wildman–Crippen MR) is 264 cm³/mol. The maximum Gasteiger partial charge on any atom is 0.293 e. The summed E-state index contributed by atoms with van der Waals surface area (Å²) in [7, 11) is -4.76. The minimum atomic E-state index is -4.76. The number of hydrogen-bond donors (Lipinski definition) is 8. The van der Waals surface area contributed by atoms with Gasteiger partial charge in [0, 0.05) is 80.1 Å². The van der Waals surface area contributed by atoms with Gasteiger partial charge < -0.3 is 50.4 Å². The van der Waals surface area contributed by atoms with E-state index in [2.05, 4.69) is 50.8 Å². The minimum absolute atomic E-state index is 0.0155. The van der Waals surface area contributed by atoms with Crippen LogP contribution < -0.4 is 24.6 Å². The maximum absolute atomic E-state index is 14.4. The van der Waals surface area contributed by atoms with Crippen molar-refractivity contribution >= 4 is 72.6 Å². The van der Waals surface area contributed by atoms with Gasteiger partial charge in [-0.2, -0.15) is 4.98 Å². The average molecular weight is 1000 g/mol. The van der Waals surface area contributed by atoms with E-state index in [0.717, 1.165) is 68.2 Å². The number of aromatic nitrogens is 2. The molecule has 2 aromatic heterocycles. The molecule has 19 nitrogen and oxygen atoms in total. The van der Waals surface area contributed by atoms with E-state index in [0.29, 0.717) is 60.6 Å². The van der Waals surface area contributed by atoms with Crippen molar-refractivity contribution in [2.75, 3.05) is 67.5 Å². The molecule has 4 unspecified atom stereocenters. The van der Waals surface area contributed by atoms with Crippen molar-refractivity contribution in [3.8, 4) is 5.88 Å². The van der Waals surface area contributed by atoms with Crippen molar-refractivity contribution < 1.29 is 48.4 Å². The Morgan fingerprint density at radius 2 is 1.63 bits per heavy atom. The summed E-state index contributed by atoms with van der Waals surface area (Å²) in [6.45, 7) is 8.76. The van der Waals surface area contributed by atoms with Crippen LogP contribution in [0.2, 0.25) is 5.02 Å². The van der Waals surface area contributed by atoms with Crippen molar-refractivity contribution in [1.82, 2.24) is 19.6 Å². The zero-order chi connectivity index (χ0) is 49.6. The first kappa shape index (κ1) is 49.2. The Morgan fingerprint density at radius 1 is 0.914 bits per heavy atom. The molecule has 372 valence electrons. The minimum Gasteiger partial charge on any atom is -0.476 e. The molecular formula is C49H57ClN8O11S. The number of H-pyrrole nitrogens is 1. The second kappa shape index (κ2) is 19.7. The number of benzene rings is 3. The molecule has 2 aliphatic carbocycles. The van der Waals surface area contributed by atoms with Crippen LogP contribution in [-0.2, 0) is 10.0 Å². The zero-order valence-corrected chi connectivity index (χ0v) is 40.2. The number of carbonyl (C=O) groups is 1. The lowest BCUT2D eigenvalue weighted by atomic mass is 9.72. The van der Waals surface area contributed by atoms with Gasteiger partial charge in [-0.15, -0.1) is 0 Å². The van der Waals surface area contributed by atoms with Gasteiger partial charge in [0.25, 0.3) is 21.6 Å². The molecule has 1 saturated heterocycles. The highest BCUT2D eigenvalue weighted by atomic mass is 35.5. The Kier molecular flexibility index (Phi) is 13.9. The Balaban J connectivity index is 0.979. The van der Waals surface area contributed by atoms with Gasteiger partial charge in [0.15, 0.2) is 0 Å². The number of rotatable bonds is 12. The number of nitrogens with zero attached hydrogens (tertiary/aromatic N) is 5. The van der Waals surface area contributed by atoms with Gasteiger partial charge in [-0.05, 0) is 96.8 Å². The van der Waals surface area contributed by atoms with Gasteiger partial charge in [0.1, 0.15) is 35.3 Å². The number of halogens is 1. The van der Waals surface area contributed by atoms with Crippen molar-refractivity contribution in [2.45, 2.75) is 74.9 Å². The number of aliphatic hydroxyl groups excluding tert-OH is 5. The third-order valence-electron chi connectivity index (χ3n) is 14.1. The molecule has 8 N–H and O–H groups in total. The number of anilines is 4. The fourth-order valence-corrected chi connectivity index (χ4v) is 11.2. The van der Waals surface area contributed by atoms with Gasteiger partial charge >= 0.3 is 0 Å². The molecule has 0 radical (unpaired) electrons. The van der Waals surface area contributed by atoms with E-state index in [1.165, 1.54) is 16.7 Å². The fourth-order valence-electron chi connectivity index (χ4n) is 10.0. The highest BCUT2D eigenvalue weighted by Crippen LogP contribution is 2.44. The second-order valence-corrected chi connectivity index (χ2v) is 21.5. The predicted octanol–water partition coefficient (Wildman–Crippen LogP) is 4.80. The highest BCUT2D eigenvalue weighted by Gasteiger charge is 2.48. The highest BCUT2D eigenvalue weighted by molar-refractivity contribution is 7.90. The van der Waals surface area contributed by atoms with Gasteiger partial charge in [0.2, 0.25) is 5.88 Å². The van der Waals surface area contributed by atoms with Crippen LogP contribution in [0.1, 0.15) is 55.5 Å². The van der Waals surface area contributed by atoms with Gasteiger partial charge in [-0.25, -0.2) is 13.1 Å². The van der Waals surface area contributed by atoms with Gasteiger partial charge in [-0.3, -0.25) is 19.8 Å². The maximum atomic E-state index is 14.4. The summed E-state index contributed by atoms with van der Waals surface area (Å²) in [5.41, 5.74) is 5.73. The quantitative estimate of drug-likeness (QED) is 0.0617. The summed E-state index contributed by atoms with van der Waals surface area (Å²) in [5.74, 6) is -1.93. The van der Waals surface area contributed by atoms with Crippen LogP contribution in [0.25, 0.3) is 16.6 Å². The number of piperazine rings is 1. The number of nitro benzene ring substituents is 1. The van der Waals surface area contributed by atoms with Crippen LogP contribution in [-0.4, -0.2) is 143 Å². The molecule has 70 heavy (non-hydrogen) atoms. The van der Waals surface area contributed by atoms with Crippen molar-refractivity contribution in [3.05, 3.63) is 111 Å². The average Bonchev–Trinajstić information content (AvgIpc) is 3.70. The van der Waals surface area contributed by atoms with E-state index in [4.69, 9.17) is 21.3 Å². The normalized spacial score (nSPS) is 24.2. The molecule has 1 saturated carbocycles. The molecule has 21 heteroatoms. The molecule has 9 rings (SSSR count). The number of ether oxygens (including phenoxy) is 1. The molecule has 1 amide bonds. The molecule has 4 atom stereocenters. The van der Waals surface area contributed by atoms with E-state index in [9.17, 15) is 48.9 Å². The van der Waals surface area contributed by atoms with Crippen LogP contribution in [0.5, 0.6) is 5.88 Å². The first-order valence-corrected chi connectivity index (χ1v) is 25.2. The van der Waals surface area contributed by atoms with E-state index in [-0.39, 0.29) is 16.7 Å². The van der Waals surface area contributed by atoms with Gasteiger partial charge in [-0.1, -0.05) is 43.2 Å². The SMILES string of the molecule is CC1(C)CCC(CN2CCN(c3ccc(C(=O)NS(=O)(=O)c4ccc(NCC5C(O)C(O)C(O)C(O)C5O)c([N+](=O)[O-])c4)c(N4CCCOc5nc6[nH]ccc6cc54)c3)CC2)=C(c2ccc(Cl)cc2)C1. The van der Waals surface area contributed by atoms with E-state index >= 15 is 0 Å². The summed E-state index contributed by atoms with van der Waals surface area (Å²) < 4.78 is 36.2. The lowest BCUT2D eigenvalue weighted by molar-refractivity contribution is -0.384. The number of amides is 1. The number of allylic oxidation sites excluding steroid dienone is 1. The standard InChI is InChI=1S/C49H57ClN8O11S/c1-49(2)14-12-30(35(25-49)28-4-6-31(50)7-5-28)27-55-17-19-56(20-18-55)32-8-10-34(38(23-32)57-16-3-21-69-48-40(57)22-29-13-15-51-46(29)53-48)47(64)54-70(67,68)33-9-11-37(39(24-33)58(65)66)52-26-36-41(59)43(61)45(63)44(62)42(36)60/h4-11,13,15,22-24,36,41-45,52,59-63H,3,12,14,16-21,25-27H2,1-2H3,(H,51,53)(H,54,64). The van der Waals surface area contributed by atoms with Gasteiger partial charge in [0.05, 0.1) is 39.9 Å². The Morgan fingerprint density at radius 3 is 2.34 bits per heavy atom. The number of carbonyl (C=O) groups excluding carboxylic acids is 1. The number of nitrogens with one attached hydrogen (secondary N) is 3. The first-order chi connectivity index (χ1) is 33.4. The molecule has 0 spiro atoms. The number of pyridine rings is 1. The van der Waals surface area contributed by atoms with E-state index in [1.54, 1.807) is 18.3 Å². The van der Waals surface area contributed by atoms with E-state index in [1.807, 2.05) is 35.2 Å². The third-order valence-corrected chi connectivity index (χ3v) is 15.7. The number of nitro groups is 1. The van der Waals surface area contributed by atoms with E-state index < -0.39 is 74.4 Å². The smallest absolute Gasteiger partial charge is 0.293 e. The van der Waals surface area contributed by atoms with Crippen LogP contribution in [0, 0.1) is 21.4 Å². The third kappa shape index (κ3) is 10.0.